The second-order valence-corrected chi connectivity index (χ2v) is 6.10. The number of methoxy groups -OCH3 is 2. The third kappa shape index (κ3) is 2.69. The largest absolute Gasteiger partial charge is 0.497 e. The lowest BCUT2D eigenvalue weighted by Gasteiger charge is -2.17. The molecule has 0 fully saturated rings. The first-order valence-corrected chi connectivity index (χ1v) is 8.40. The van der Waals surface area contributed by atoms with E-state index in [-0.39, 0.29) is 5.91 Å². The number of H-pyrrole nitrogens is 1. The highest BCUT2D eigenvalue weighted by Crippen LogP contribution is 2.35. The van der Waals surface area contributed by atoms with Crippen LogP contribution in [0.15, 0.2) is 42.5 Å². The van der Waals surface area contributed by atoms with E-state index in [0.717, 1.165) is 35.4 Å². The number of rotatable bonds is 4. The summed E-state index contributed by atoms with van der Waals surface area (Å²) in [5.41, 5.74) is 5.12. The average molecular weight is 349 g/mol. The molecule has 1 aliphatic carbocycles. The predicted molar refractivity (Wildman–Crippen MR) is 98.9 cm³/mol. The zero-order valence-electron chi connectivity index (χ0n) is 14.6. The molecule has 1 aromatic heterocycles. The molecule has 0 saturated carbocycles. The van der Waals surface area contributed by atoms with Crippen molar-refractivity contribution in [3.05, 3.63) is 59.3 Å². The fraction of sp³-hybridized carbons (Fsp3) is 0.200. The number of hydrogen-bond donors (Lipinski definition) is 2. The van der Waals surface area contributed by atoms with Gasteiger partial charge in [-0.25, -0.2) is 0 Å². The Morgan fingerprint density at radius 1 is 1.12 bits per heavy atom. The van der Waals surface area contributed by atoms with Crippen molar-refractivity contribution in [1.82, 2.24) is 10.2 Å². The molecule has 3 aromatic rings. The van der Waals surface area contributed by atoms with Crippen molar-refractivity contribution >= 4 is 11.6 Å². The van der Waals surface area contributed by atoms with Gasteiger partial charge < -0.3 is 14.8 Å². The van der Waals surface area contributed by atoms with Crippen LogP contribution in [0.4, 0.5) is 5.69 Å². The number of anilines is 1. The topological polar surface area (TPSA) is 76.2 Å². The van der Waals surface area contributed by atoms with Crippen LogP contribution >= 0.6 is 0 Å². The van der Waals surface area contributed by atoms with Crippen LogP contribution in [0.1, 0.15) is 21.6 Å². The molecule has 0 radical (unpaired) electrons. The highest BCUT2D eigenvalue weighted by molar-refractivity contribution is 6.05. The summed E-state index contributed by atoms with van der Waals surface area (Å²) in [7, 11) is 3.24. The lowest BCUT2D eigenvalue weighted by molar-refractivity contribution is 0.102. The van der Waals surface area contributed by atoms with Crippen LogP contribution in [0, 0.1) is 0 Å². The summed E-state index contributed by atoms with van der Waals surface area (Å²) >= 11 is 0. The summed E-state index contributed by atoms with van der Waals surface area (Å²) in [6.45, 7) is 0. The summed E-state index contributed by atoms with van der Waals surface area (Å²) in [5.74, 6) is 1.23. The Balaban J connectivity index is 1.66. The number of para-hydroxylation sites is 2. The molecule has 2 N–H and O–H groups in total. The van der Waals surface area contributed by atoms with Gasteiger partial charge in [0.1, 0.15) is 17.2 Å². The number of aromatic nitrogens is 2. The maximum Gasteiger partial charge on any atom is 0.274 e. The molecule has 0 spiro atoms. The molecule has 0 atom stereocenters. The Kier molecular flexibility index (Phi) is 4.08. The van der Waals surface area contributed by atoms with Gasteiger partial charge in [-0.2, -0.15) is 5.10 Å². The van der Waals surface area contributed by atoms with Crippen molar-refractivity contribution in [2.45, 2.75) is 12.8 Å². The number of aryl methyl sites for hydroxylation is 1. The number of nitrogens with zero attached hydrogens (tertiary/aromatic N) is 1. The van der Waals surface area contributed by atoms with Gasteiger partial charge in [-0.3, -0.25) is 9.89 Å². The van der Waals surface area contributed by atoms with Gasteiger partial charge in [0.2, 0.25) is 0 Å². The van der Waals surface area contributed by atoms with Gasteiger partial charge >= 0.3 is 0 Å². The normalized spacial score (nSPS) is 12.1. The lowest BCUT2D eigenvalue weighted by Crippen LogP contribution is -2.16. The Bertz CT molecular complexity index is 978. The molecule has 132 valence electrons. The Hall–Kier alpha value is -3.28. The minimum absolute atomic E-state index is 0.222. The quantitative estimate of drug-likeness (QED) is 0.756. The molecule has 0 saturated heterocycles. The molecule has 6 heteroatoms. The fourth-order valence-corrected chi connectivity index (χ4v) is 3.35. The van der Waals surface area contributed by atoms with E-state index in [1.54, 1.807) is 20.3 Å². The first-order valence-electron chi connectivity index (χ1n) is 8.40. The molecular formula is C20H19N3O3. The van der Waals surface area contributed by atoms with Gasteiger partial charge in [0.15, 0.2) is 0 Å². The Labute approximate surface area is 151 Å². The molecule has 0 unspecified atom stereocenters. The number of carbonyl (C=O) groups is 1. The van der Waals surface area contributed by atoms with Crippen molar-refractivity contribution < 1.29 is 14.3 Å². The molecular weight excluding hydrogens is 330 g/mol. The minimum atomic E-state index is -0.222. The van der Waals surface area contributed by atoms with Gasteiger partial charge in [-0.15, -0.1) is 0 Å². The van der Waals surface area contributed by atoms with Crippen LogP contribution < -0.4 is 14.8 Å². The van der Waals surface area contributed by atoms with Crippen LogP contribution in [-0.4, -0.2) is 30.3 Å². The van der Waals surface area contributed by atoms with E-state index in [0.29, 0.717) is 17.1 Å². The van der Waals surface area contributed by atoms with Crippen LogP contribution in [0.2, 0.25) is 0 Å². The van der Waals surface area contributed by atoms with Gasteiger partial charge in [0.05, 0.1) is 25.6 Å². The second kappa shape index (κ2) is 6.55. The summed E-state index contributed by atoms with van der Waals surface area (Å²) < 4.78 is 10.6. The zero-order chi connectivity index (χ0) is 18.1. The smallest absolute Gasteiger partial charge is 0.274 e. The molecule has 6 nitrogen and oxygen atoms in total. The van der Waals surface area contributed by atoms with E-state index in [9.17, 15) is 4.79 Å². The maximum absolute atomic E-state index is 12.8. The number of carbonyl (C=O) groups excluding carboxylic acids is 1. The van der Waals surface area contributed by atoms with Gasteiger partial charge in [0.25, 0.3) is 5.91 Å². The van der Waals surface area contributed by atoms with Gasteiger partial charge in [0, 0.05) is 11.1 Å². The van der Waals surface area contributed by atoms with Crippen LogP contribution in [-0.2, 0) is 12.8 Å². The van der Waals surface area contributed by atoms with E-state index in [1.165, 1.54) is 5.56 Å². The number of amides is 1. The summed E-state index contributed by atoms with van der Waals surface area (Å²) in [6, 6.07) is 13.3. The Morgan fingerprint density at radius 3 is 2.77 bits per heavy atom. The van der Waals surface area contributed by atoms with E-state index in [4.69, 9.17) is 9.47 Å². The number of fused-ring (bicyclic) bond motifs is 3. The lowest BCUT2D eigenvalue weighted by atomic mass is 9.89. The van der Waals surface area contributed by atoms with Crippen molar-refractivity contribution in [2.75, 3.05) is 19.5 Å². The highest BCUT2D eigenvalue weighted by Gasteiger charge is 2.26. The average Bonchev–Trinajstić information content (AvgIpc) is 3.12. The van der Waals surface area contributed by atoms with Crippen molar-refractivity contribution in [3.63, 3.8) is 0 Å². The second-order valence-electron chi connectivity index (χ2n) is 6.10. The summed E-state index contributed by atoms with van der Waals surface area (Å²) in [6.07, 6.45) is 1.59. The molecule has 0 aliphatic heterocycles. The van der Waals surface area contributed by atoms with Gasteiger partial charge in [-0.05, 0) is 48.7 Å². The standard InChI is InChI=1S/C20H19N3O3/c1-25-13-8-10-14-12(11-13)7-9-15-18(14)22-23-19(15)20(24)21-16-5-3-4-6-17(16)26-2/h3-6,8,10-11H,7,9H2,1-2H3,(H,21,24)(H,22,23). The molecule has 0 bridgehead atoms. The van der Waals surface area contributed by atoms with Crippen LogP contribution in [0.3, 0.4) is 0 Å². The number of benzene rings is 2. The third-order valence-corrected chi connectivity index (χ3v) is 4.66. The van der Waals surface area contributed by atoms with E-state index < -0.39 is 0 Å². The van der Waals surface area contributed by atoms with Crippen molar-refractivity contribution in [2.24, 2.45) is 0 Å². The molecule has 2 aromatic carbocycles. The number of nitrogens with one attached hydrogen (secondary N) is 2. The van der Waals surface area contributed by atoms with E-state index >= 15 is 0 Å². The first kappa shape index (κ1) is 16.2. The Morgan fingerprint density at radius 2 is 1.96 bits per heavy atom. The summed E-state index contributed by atoms with van der Waals surface area (Å²) in [4.78, 5) is 12.8. The third-order valence-electron chi connectivity index (χ3n) is 4.66. The number of hydrogen-bond acceptors (Lipinski definition) is 4. The summed E-state index contributed by atoms with van der Waals surface area (Å²) in [5, 5.41) is 10.2. The number of ether oxygens (including phenoxy) is 2. The zero-order valence-corrected chi connectivity index (χ0v) is 14.6. The highest BCUT2D eigenvalue weighted by atomic mass is 16.5. The van der Waals surface area contributed by atoms with Gasteiger partial charge in [-0.1, -0.05) is 12.1 Å². The molecule has 4 rings (SSSR count). The van der Waals surface area contributed by atoms with Crippen molar-refractivity contribution in [1.29, 1.82) is 0 Å². The van der Waals surface area contributed by atoms with Crippen LogP contribution in [0.5, 0.6) is 11.5 Å². The van der Waals surface area contributed by atoms with Crippen molar-refractivity contribution in [3.8, 4) is 22.8 Å². The SMILES string of the molecule is COc1ccc2c(c1)CCc1c-2n[nH]c1C(=O)Nc1ccccc1OC. The minimum Gasteiger partial charge on any atom is -0.497 e. The van der Waals surface area contributed by atoms with Crippen LogP contribution in [0.25, 0.3) is 11.3 Å². The molecule has 26 heavy (non-hydrogen) atoms. The fourth-order valence-electron chi connectivity index (χ4n) is 3.35. The monoisotopic (exact) mass is 349 g/mol. The van der Waals surface area contributed by atoms with E-state index in [1.807, 2.05) is 36.4 Å². The van der Waals surface area contributed by atoms with E-state index in [2.05, 4.69) is 15.5 Å². The number of aromatic amines is 1. The molecule has 1 heterocycles. The predicted octanol–water partition coefficient (Wildman–Crippen LogP) is 3.44. The first-order chi connectivity index (χ1) is 12.7. The molecule has 1 aliphatic rings. The maximum atomic E-state index is 12.8. The molecule has 1 amide bonds.